The molecule has 0 aliphatic carbocycles. The van der Waals surface area contributed by atoms with E-state index >= 15 is 0 Å². The van der Waals surface area contributed by atoms with E-state index in [2.05, 4.69) is 32.3 Å². The van der Waals surface area contributed by atoms with Gasteiger partial charge >= 0.3 is 5.69 Å². The van der Waals surface area contributed by atoms with E-state index in [1.165, 1.54) is 26.4 Å². The van der Waals surface area contributed by atoms with Crippen LogP contribution in [-0.2, 0) is 0 Å². The number of azo groups is 2. The molecule has 0 aliphatic heterocycles. The zero-order valence-corrected chi connectivity index (χ0v) is 18.8. The quantitative estimate of drug-likeness (QED) is 0.285. The third-order valence-electron chi connectivity index (χ3n) is 4.86. The molecular weight excluding hydrogens is 424 g/mol. The van der Waals surface area contributed by atoms with E-state index in [4.69, 9.17) is 14.7 Å². The fourth-order valence-corrected chi connectivity index (χ4v) is 2.85. The van der Waals surface area contributed by atoms with Gasteiger partial charge in [0.25, 0.3) is 4.92 Å². The van der Waals surface area contributed by atoms with Gasteiger partial charge in [0.1, 0.15) is 22.9 Å². The van der Waals surface area contributed by atoms with Gasteiger partial charge in [-0.05, 0) is 43.3 Å². The second-order valence-electron chi connectivity index (χ2n) is 6.92. The Kier molecular flexibility index (Phi) is 7.64. The first-order valence-electron chi connectivity index (χ1n) is 10.1. The summed E-state index contributed by atoms with van der Waals surface area (Å²) in [5, 5.41) is 25.9. The second-order valence-corrected chi connectivity index (χ2v) is 6.92. The van der Waals surface area contributed by atoms with Crippen LogP contribution >= 0.6 is 0 Å². The van der Waals surface area contributed by atoms with Crippen molar-refractivity contribution in [2.75, 3.05) is 32.7 Å². The molecule has 0 bridgehead atoms. The number of methoxy groups -OCH3 is 2. The molecule has 0 spiro atoms. The van der Waals surface area contributed by atoms with Crippen LogP contribution in [0, 0.1) is 4.91 Å². The van der Waals surface area contributed by atoms with Gasteiger partial charge in [-0.15, -0.1) is 10.2 Å². The average Bonchev–Trinajstić information content (AvgIpc) is 2.86. The molecule has 0 saturated heterocycles. The number of anilines is 1. The summed E-state index contributed by atoms with van der Waals surface area (Å²) >= 11 is 0. The van der Waals surface area contributed by atoms with Crippen LogP contribution in [-0.4, -0.2) is 37.9 Å². The van der Waals surface area contributed by atoms with Gasteiger partial charge in [-0.25, -0.2) is 5.21 Å². The van der Waals surface area contributed by atoms with E-state index in [1.54, 1.807) is 24.3 Å². The van der Waals surface area contributed by atoms with Crippen LogP contribution < -0.4 is 14.4 Å². The van der Waals surface area contributed by atoms with Crippen LogP contribution in [0.25, 0.3) is 0 Å². The molecule has 0 aromatic heterocycles. The van der Waals surface area contributed by atoms with Crippen molar-refractivity contribution in [1.82, 2.24) is 0 Å². The van der Waals surface area contributed by atoms with Gasteiger partial charge in [0.05, 0.1) is 30.5 Å². The maximum absolute atomic E-state index is 10.9. The van der Waals surface area contributed by atoms with Crippen molar-refractivity contribution >= 4 is 34.1 Å². The normalized spacial score (nSPS) is 11.2. The van der Waals surface area contributed by atoms with E-state index in [1.807, 2.05) is 31.3 Å². The molecule has 0 heterocycles. The highest BCUT2D eigenvalue weighted by molar-refractivity contribution is 5.66. The Labute approximate surface area is 191 Å². The fraction of sp³-hybridized carbons (Fsp3) is 0.217. The zero-order valence-electron chi connectivity index (χ0n) is 18.8. The molecule has 0 fully saturated rings. The van der Waals surface area contributed by atoms with Crippen LogP contribution in [0.2, 0.25) is 0 Å². The molecule has 10 heteroatoms. The summed E-state index contributed by atoms with van der Waals surface area (Å²) < 4.78 is 10.9. The third kappa shape index (κ3) is 5.88. The molecule has 3 aromatic carbocycles. The summed E-state index contributed by atoms with van der Waals surface area (Å²) in [4.78, 5) is 12.8. The van der Waals surface area contributed by atoms with Crippen LogP contribution in [0.3, 0.4) is 0 Å². The van der Waals surface area contributed by atoms with Gasteiger partial charge in [-0.1, -0.05) is 0 Å². The average molecular weight is 449 g/mol. The van der Waals surface area contributed by atoms with E-state index < -0.39 is 0 Å². The second kappa shape index (κ2) is 10.8. The zero-order chi connectivity index (χ0) is 23.8. The summed E-state index contributed by atoms with van der Waals surface area (Å²) in [6.45, 7) is 3.00. The Morgan fingerprint density at radius 3 is 1.67 bits per heavy atom. The smallest absolute Gasteiger partial charge is 0.316 e. The summed E-state index contributed by atoms with van der Waals surface area (Å²) in [5.41, 5.74) is 3.29. The molecule has 0 aliphatic rings. The number of nitrogens with zero attached hydrogens (tertiary/aromatic N) is 6. The fourth-order valence-electron chi connectivity index (χ4n) is 2.85. The number of benzene rings is 3. The van der Waals surface area contributed by atoms with Gasteiger partial charge < -0.3 is 14.4 Å². The largest absolute Gasteiger partial charge is 0.494 e. The number of rotatable bonds is 9. The lowest BCUT2D eigenvalue weighted by Crippen LogP contribution is -2.15. The van der Waals surface area contributed by atoms with Gasteiger partial charge in [0.2, 0.25) is 0 Å². The van der Waals surface area contributed by atoms with Gasteiger partial charge in [0.15, 0.2) is 0 Å². The molecule has 0 atom stereocenters. The first-order chi connectivity index (χ1) is 15.9. The molecular formula is C23H25N6O4+. The predicted octanol–water partition coefficient (Wildman–Crippen LogP) is 6.79. The maximum Gasteiger partial charge on any atom is 0.316 e. The Balaban J connectivity index is 1.84. The van der Waals surface area contributed by atoms with Gasteiger partial charge in [-0.2, -0.15) is 10.2 Å². The van der Waals surface area contributed by atoms with Crippen molar-refractivity contribution in [3.8, 4) is 11.5 Å². The molecule has 33 heavy (non-hydrogen) atoms. The molecule has 170 valence electrons. The number of ether oxygens (including phenoxy) is 2. The minimum Gasteiger partial charge on any atom is -0.494 e. The highest BCUT2D eigenvalue weighted by Gasteiger charge is 2.12. The minimum absolute atomic E-state index is 0.0925. The predicted molar refractivity (Wildman–Crippen MR) is 125 cm³/mol. The topological polar surface area (TPSA) is 111 Å². The maximum atomic E-state index is 10.9. The lowest BCUT2D eigenvalue weighted by atomic mass is 10.2. The Morgan fingerprint density at radius 1 is 0.818 bits per heavy atom. The number of hydrogen-bond acceptors (Lipinski definition) is 8. The van der Waals surface area contributed by atoms with Crippen molar-refractivity contribution in [3.63, 3.8) is 0 Å². The highest BCUT2D eigenvalue weighted by atomic mass is 16.6. The molecule has 3 aromatic rings. The summed E-state index contributed by atoms with van der Waals surface area (Å²) in [5.74, 6) is 0.889. The SMILES string of the molecule is CCN(C)c1ccc(/N=N/c2cc(OC)c(/N=N/c3ccc([N+](=O)O)cc3)cc2OC)cc1. The Hall–Kier alpha value is -4.34. The highest BCUT2D eigenvalue weighted by Crippen LogP contribution is 2.41. The first-order valence-corrected chi connectivity index (χ1v) is 10.1. The third-order valence-corrected chi connectivity index (χ3v) is 4.86. The molecule has 0 amide bonds. The molecule has 1 N–H and O–H groups in total. The Morgan fingerprint density at radius 2 is 1.27 bits per heavy atom. The van der Waals surface area contributed by atoms with Crippen LogP contribution in [0.4, 0.5) is 34.1 Å². The van der Waals surface area contributed by atoms with Crippen molar-refractivity contribution in [2.24, 2.45) is 20.5 Å². The standard InChI is InChI=1S/C23H25N6O4/c1-5-28(2)18-10-6-16(7-11-18)24-26-20-14-23(33-4)21(15-22(20)32-3)27-25-17-8-12-19(13-9-17)29(30)31/h6-15H,5H2,1-4H3,(H,30,31)/q+1/b26-24+,27-25+. The molecule has 10 nitrogen and oxygen atoms in total. The van der Waals surface area contributed by atoms with E-state index in [0.29, 0.717) is 34.2 Å². The van der Waals surface area contributed by atoms with Gasteiger partial charge in [0, 0.05) is 43.5 Å². The Bertz CT molecular complexity index is 1160. The van der Waals surface area contributed by atoms with Gasteiger partial charge in [-0.3, -0.25) is 0 Å². The van der Waals surface area contributed by atoms with E-state index in [0.717, 1.165) is 12.2 Å². The van der Waals surface area contributed by atoms with Crippen molar-refractivity contribution < 1.29 is 19.6 Å². The number of hydrogen-bond donors (Lipinski definition) is 1. The molecule has 0 radical (unpaired) electrons. The lowest BCUT2D eigenvalue weighted by molar-refractivity contribution is -0.729. The van der Waals surface area contributed by atoms with E-state index in [9.17, 15) is 4.91 Å². The summed E-state index contributed by atoms with van der Waals surface area (Å²) in [6, 6.07) is 17.0. The molecule has 0 unspecified atom stereocenters. The molecule has 0 saturated carbocycles. The molecule has 3 rings (SSSR count). The van der Waals surface area contributed by atoms with Crippen LogP contribution in [0.1, 0.15) is 6.92 Å². The van der Waals surface area contributed by atoms with E-state index in [-0.39, 0.29) is 10.6 Å². The van der Waals surface area contributed by atoms with Crippen molar-refractivity contribution in [2.45, 2.75) is 6.92 Å². The lowest BCUT2D eigenvalue weighted by Gasteiger charge is -2.16. The van der Waals surface area contributed by atoms with Crippen LogP contribution in [0.15, 0.2) is 81.1 Å². The summed E-state index contributed by atoms with van der Waals surface area (Å²) in [6.07, 6.45) is 0. The van der Waals surface area contributed by atoms with Crippen molar-refractivity contribution in [1.29, 1.82) is 0 Å². The summed E-state index contributed by atoms with van der Waals surface area (Å²) in [7, 11) is 5.07. The first kappa shape index (κ1) is 23.3. The monoisotopic (exact) mass is 449 g/mol. The minimum atomic E-state index is -0.222. The van der Waals surface area contributed by atoms with Crippen molar-refractivity contribution in [3.05, 3.63) is 65.6 Å². The van der Waals surface area contributed by atoms with Crippen LogP contribution in [0.5, 0.6) is 11.5 Å².